The van der Waals surface area contributed by atoms with Gasteiger partial charge >= 0.3 is 5.97 Å². The largest absolute Gasteiger partial charge is 0.462 e. The van der Waals surface area contributed by atoms with E-state index < -0.39 is 4.32 Å². The van der Waals surface area contributed by atoms with Crippen LogP contribution in [0.1, 0.15) is 13.8 Å². The van der Waals surface area contributed by atoms with Gasteiger partial charge < -0.3 is 15.0 Å². The Balaban J connectivity index is 3.46. The molecule has 0 rings (SSSR count). The maximum atomic E-state index is 11.2. The topological polar surface area (TPSA) is 71.9 Å². The molecule has 0 unspecified atom stereocenters. The van der Waals surface area contributed by atoms with E-state index in [1.807, 2.05) is 0 Å². The van der Waals surface area contributed by atoms with Crippen molar-refractivity contribution in [3.05, 3.63) is 5.53 Å². The third-order valence-corrected chi connectivity index (χ3v) is 1.54. The molecule has 0 aromatic heterocycles. The molecule has 0 saturated carbocycles. The minimum Gasteiger partial charge on any atom is -0.462 e. The van der Waals surface area contributed by atoms with Crippen LogP contribution in [0, 0.1) is 0 Å². The van der Waals surface area contributed by atoms with Crippen LogP contribution in [0.4, 0.5) is 0 Å². The number of carbonyl (C=O) groups is 1. The van der Waals surface area contributed by atoms with Crippen LogP contribution in [-0.2, 0) is 14.3 Å². The lowest BCUT2D eigenvalue weighted by Crippen LogP contribution is -2.27. The third-order valence-electron chi connectivity index (χ3n) is 1.22. The number of esters is 1. The fourth-order valence-electron chi connectivity index (χ4n) is 0.534. The monoisotopic (exact) mass is 264 g/mol. The van der Waals surface area contributed by atoms with E-state index >= 15 is 0 Å². The highest BCUT2D eigenvalue weighted by Gasteiger charge is 2.24. The Labute approximate surface area is 91.1 Å². The lowest BCUT2D eigenvalue weighted by Gasteiger charge is -2.14. The van der Waals surface area contributed by atoms with Crippen LogP contribution in [0.2, 0.25) is 0 Å². The van der Waals surface area contributed by atoms with E-state index in [1.54, 1.807) is 13.8 Å². The smallest absolute Gasteiger partial charge is 0.322 e. The second-order valence-electron chi connectivity index (χ2n) is 2.98. The Morgan fingerprint density at radius 1 is 1.57 bits per heavy atom. The van der Waals surface area contributed by atoms with Crippen molar-refractivity contribution < 1.29 is 19.1 Å². The summed E-state index contributed by atoms with van der Waals surface area (Å²) in [4.78, 5) is 13.9. The first kappa shape index (κ1) is 13.3. The summed E-state index contributed by atoms with van der Waals surface area (Å²) in [5.41, 5.74) is 8.02. The van der Waals surface area contributed by atoms with Gasteiger partial charge in [0.05, 0.1) is 6.61 Å². The summed E-state index contributed by atoms with van der Waals surface area (Å²) in [6.45, 7) is 4.07. The molecule has 0 bridgehead atoms. The standard InChI is InChI=1S/C8H13BrN2O3/c1-8(2,9)7(12)14-6-5-13-4-3-11-10/h3H,4-6H2,1-2H3. The van der Waals surface area contributed by atoms with E-state index in [4.69, 9.17) is 15.0 Å². The zero-order valence-electron chi connectivity index (χ0n) is 8.20. The minimum absolute atomic E-state index is 0.188. The zero-order valence-corrected chi connectivity index (χ0v) is 9.78. The normalized spacial score (nSPS) is 10.5. The molecule has 0 heterocycles. The summed E-state index contributed by atoms with van der Waals surface area (Å²) >= 11 is 3.17. The summed E-state index contributed by atoms with van der Waals surface area (Å²) in [6.07, 6.45) is 1.20. The highest BCUT2D eigenvalue weighted by molar-refractivity contribution is 9.10. The van der Waals surface area contributed by atoms with Gasteiger partial charge in [-0.2, -0.15) is 4.79 Å². The van der Waals surface area contributed by atoms with Gasteiger partial charge in [0.25, 0.3) is 6.21 Å². The van der Waals surface area contributed by atoms with Crippen LogP contribution < -0.4 is 0 Å². The molecule has 0 aliphatic carbocycles. The van der Waals surface area contributed by atoms with E-state index in [1.165, 1.54) is 6.21 Å². The van der Waals surface area contributed by atoms with Crippen molar-refractivity contribution in [1.82, 2.24) is 0 Å². The first-order chi connectivity index (χ1) is 6.48. The van der Waals surface area contributed by atoms with Gasteiger partial charge in [0.1, 0.15) is 17.5 Å². The molecular weight excluding hydrogens is 252 g/mol. The Hall–Kier alpha value is -0.710. The van der Waals surface area contributed by atoms with E-state index in [2.05, 4.69) is 20.7 Å². The quantitative estimate of drug-likeness (QED) is 0.180. The molecule has 0 N–H and O–H groups in total. The van der Waals surface area contributed by atoms with Crippen molar-refractivity contribution in [2.45, 2.75) is 18.2 Å². The number of nitrogens with zero attached hydrogens (tertiary/aromatic N) is 2. The first-order valence-electron chi connectivity index (χ1n) is 4.08. The molecule has 0 atom stereocenters. The summed E-state index contributed by atoms with van der Waals surface area (Å²) in [7, 11) is 0. The SMILES string of the molecule is CC(C)(Br)C(=O)OCCOCC=[N+]=[N-]. The number of halogens is 1. The van der Waals surface area contributed by atoms with Crippen molar-refractivity contribution in [2.75, 3.05) is 19.8 Å². The maximum Gasteiger partial charge on any atom is 0.322 e. The summed E-state index contributed by atoms with van der Waals surface area (Å²) < 4.78 is 9.14. The second kappa shape index (κ2) is 6.70. The minimum atomic E-state index is -0.667. The molecule has 0 aromatic rings. The number of ether oxygens (including phenoxy) is 2. The van der Waals surface area contributed by atoms with Crippen LogP contribution in [0.15, 0.2) is 0 Å². The Morgan fingerprint density at radius 3 is 2.71 bits per heavy atom. The van der Waals surface area contributed by atoms with Gasteiger partial charge in [-0.15, -0.1) is 0 Å². The summed E-state index contributed by atoms with van der Waals surface area (Å²) in [6, 6.07) is 0. The third kappa shape index (κ3) is 6.77. The molecule has 0 aliphatic rings. The molecule has 0 aliphatic heterocycles. The van der Waals surface area contributed by atoms with Crippen molar-refractivity contribution in [1.29, 1.82) is 0 Å². The van der Waals surface area contributed by atoms with Gasteiger partial charge in [-0.1, -0.05) is 15.9 Å². The number of rotatable bonds is 6. The van der Waals surface area contributed by atoms with E-state index in [0.717, 1.165) is 0 Å². The van der Waals surface area contributed by atoms with Gasteiger partial charge in [-0.3, -0.25) is 4.79 Å². The van der Waals surface area contributed by atoms with Crippen molar-refractivity contribution in [3.63, 3.8) is 0 Å². The van der Waals surface area contributed by atoms with Crippen LogP contribution in [-0.4, -0.2) is 41.1 Å². The van der Waals surface area contributed by atoms with Gasteiger partial charge in [0, 0.05) is 0 Å². The molecule has 0 amide bonds. The van der Waals surface area contributed by atoms with E-state index in [0.29, 0.717) is 0 Å². The van der Waals surface area contributed by atoms with Crippen LogP contribution in [0.3, 0.4) is 0 Å². The van der Waals surface area contributed by atoms with Gasteiger partial charge in [-0.25, -0.2) is 0 Å². The number of alkyl halides is 1. The molecule has 0 saturated heterocycles. The van der Waals surface area contributed by atoms with Gasteiger partial charge in [0.2, 0.25) is 0 Å². The average Bonchev–Trinajstić information content (AvgIpc) is 2.09. The second-order valence-corrected chi connectivity index (χ2v) is 4.96. The molecule has 5 nitrogen and oxygen atoms in total. The molecule has 6 heteroatoms. The molecule has 80 valence electrons. The zero-order chi connectivity index (χ0) is 11.0. The summed E-state index contributed by atoms with van der Waals surface area (Å²) in [5, 5.41) is 0. The Kier molecular flexibility index (Phi) is 6.36. The van der Waals surface area contributed by atoms with Crippen molar-refractivity contribution in [2.24, 2.45) is 0 Å². The van der Waals surface area contributed by atoms with Crippen LogP contribution in [0.25, 0.3) is 5.53 Å². The van der Waals surface area contributed by atoms with E-state index in [9.17, 15) is 4.79 Å². The molecule has 0 fully saturated rings. The predicted molar refractivity (Wildman–Crippen MR) is 54.5 cm³/mol. The molecule has 0 aromatic carbocycles. The summed E-state index contributed by atoms with van der Waals surface area (Å²) in [5.74, 6) is -0.336. The fourth-order valence-corrected chi connectivity index (χ4v) is 0.649. The fraction of sp³-hybridized carbons (Fsp3) is 0.750. The average molecular weight is 265 g/mol. The molecular formula is C8H13BrN2O3. The lowest BCUT2D eigenvalue weighted by atomic mass is 10.2. The van der Waals surface area contributed by atoms with Crippen molar-refractivity contribution in [3.8, 4) is 0 Å². The van der Waals surface area contributed by atoms with Gasteiger partial charge in [-0.05, 0) is 13.8 Å². The number of hydrogen-bond acceptors (Lipinski definition) is 3. The van der Waals surface area contributed by atoms with Crippen LogP contribution >= 0.6 is 15.9 Å². The Bertz CT molecular complexity index is 231. The Morgan fingerprint density at radius 2 is 2.21 bits per heavy atom. The van der Waals surface area contributed by atoms with Crippen molar-refractivity contribution >= 4 is 28.1 Å². The highest BCUT2D eigenvalue weighted by Crippen LogP contribution is 2.17. The number of carbonyl (C=O) groups excluding carboxylic acids is 1. The van der Waals surface area contributed by atoms with Gasteiger partial charge in [0.15, 0.2) is 0 Å². The first-order valence-corrected chi connectivity index (χ1v) is 4.87. The molecule has 14 heavy (non-hydrogen) atoms. The van der Waals surface area contributed by atoms with E-state index in [-0.39, 0.29) is 25.8 Å². The number of hydrogen-bond donors (Lipinski definition) is 0. The molecule has 0 radical (unpaired) electrons. The lowest BCUT2D eigenvalue weighted by molar-refractivity contribution is -0.146. The predicted octanol–water partition coefficient (Wildman–Crippen LogP) is 1.02. The van der Waals surface area contributed by atoms with Crippen LogP contribution in [0.5, 0.6) is 0 Å². The maximum absolute atomic E-state index is 11.2. The molecule has 0 spiro atoms. The highest BCUT2D eigenvalue weighted by atomic mass is 79.9.